The summed E-state index contributed by atoms with van der Waals surface area (Å²) in [5.41, 5.74) is 2.58. The van der Waals surface area contributed by atoms with Crippen LogP contribution in [0.5, 0.6) is 0 Å². The first-order chi connectivity index (χ1) is 10.6. The number of nitrogens with one attached hydrogen (secondary N) is 1. The van der Waals surface area contributed by atoms with Crippen molar-refractivity contribution in [1.29, 1.82) is 0 Å². The Kier molecular flexibility index (Phi) is 6.17. The van der Waals surface area contributed by atoms with E-state index in [-0.39, 0.29) is 0 Å². The Morgan fingerprint density at radius 2 is 1.55 bits per heavy atom. The first kappa shape index (κ1) is 16.7. The van der Waals surface area contributed by atoms with E-state index in [0.29, 0.717) is 0 Å². The van der Waals surface area contributed by atoms with Crippen molar-refractivity contribution in [3.8, 4) is 11.1 Å². The molecule has 0 aromatic heterocycles. The van der Waals surface area contributed by atoms with Crippen LogP contribution in [0.1, 0.15) is 38.7 Å². The van der Waals surface area contributed by atoms with E-state index in [2.05, 4.69) is 36.5 Å². The van der Waals surface area contributed by atoms with Gasteiger partial charge in [0.1, 0.15) is 0 Å². The second-order valence-corrected chi connectivity index (χ2v) is 6.07. The number of hydrogen-bond acceptors (Lipinski definition) is 2. The van der Waals surface area contributed by atoms with E-state index in [1.807, 2.05) is 37.3 Å². The van der Waals surface area contributed by atoms with Crippen LogP contribution in [0, 0.1) is 0 Å². The summed E-state index contributed by atoms with van der Waals surface area (Å²) in [6.07, 6.45) is 3.11. The SMILES string of the molecule is CCCCNCCC(C)(O)c1ccc(-c2ccccc2)cc1. The molecule has 2 nitrogen and oxygen atoms in total. The van der Waals surface area contributed by atoms with E-state index in [1.165, 1.54) is 24.0 Å². The van der Waals surface area contributed by atoms with Gasteiger partial charge in [0, 0.05) is 0 Å². The van der Waals surface area contributed by atoms with Crippen molar-refractivity contribution in [2.24, 2.45) is 0 Å². The Bertz CT molecular complexity index is 546. The third-order valence-corrected chi connectivity index (χ3v) is 4.11. The predicted octanol–water partition coefficient (Wildman–Crippen LogP) is 4.34. The molecule has 1 unspecified atom stereocenters. The highest BCUT2D eigenvalue weighted by molar-refractivity contribution is 5.63. The maximum atomic E-state index is 10.7. The van der Waals surface area contributed by atoms with Crippen LogP contribution in [0.2, 0.25) is 0 Å². The molecule has 2 rings (SSSR count). The molecular weight excluding hydrogens is 270 g/mol. The molecule has 22 heavy (non-hydrogen) atoms. The third kappa shape index (κ3) is 4.69. The number of unbranched alkanes of at least 4 members (excludes halogenated alkanes) is 1. The maximum absolute atomic E-state index is 10.7. The largest absolute Gasteiger partial charge is 0.385 e. The molecule has 2 aromatic rings. The smallest absolute Gasteiger partial charge is 0.0880 e. The van der Waals surface area contributed by atoms with Gasteiger partial charge in [-0.25, -0.2) is 0 Å². The minimum absolute atomic E-state index is 0.724. The fraction of sp³-hybridized carbons (Fsp3) is 0.400. The summed E-state index contributed by atoms with van der Waals surface area (Å²) in [4.78, 5) is 0. The van der Waals surface area contributed by atoms with Crippen molar-refractivity contribution in [1.82, 2.24) is 5.32 Å². The van der Waals surface area contributed by atoms with Crippen molar-refractivity contribution in [2.75, 3.05) is 13.1 Å². The first-order valence-corrected chi connectivity index (χ1v) is 8.22. The van der Waals surface area contributed by atoms with Gasteiger partial charge < -0.3 is 10.4 Å². The summed E-state index contributed by atoms with van der Waals surface area (Å²) in [6.45, 7) is 5.95. The van der Waals surface area contributed by atoms with E-state index >= 15 is 0 Å². The topological polar surface area (TPSA) is 32.3 Å². The number of aliphatic hydroxyl groups is 1. The van der Waals surface area contributed by atoms with Crippen LogP contribution >= 0.6 is 0 Å². The Labute approximate surface area is 134 Å². The lowest BCUT2D eigenvalue weighted by Gasteiger charge is -2.24. The standard InChI is InChI=1S/C20H27NO/c1-3-4-15-21-16-14-20(2,22)19-12-10-18(11-13-19)17-8-6-5-7-9-17/h5-13,21-22H,3-4,14-16H2,1-2H3. The summed E-state index contributed by atoms with van der Waals surface area (Å²) >= 11 is 0. The molecule has 0 fully saturated rings. The van der Waals surface area contributed by atoms with Crippen molar-refractivity contribution in [3.63, 3.8) is 0 Å². The molecule has 118 valence electrons. The minimum Gasteiger partial charge on any atom is -0.385 e. The highest BCUT2D eigenvalue weighted by Crippen LogP contribution is 2.27. The van der Waals surface area contributed by atoms with Gasteiger partial charge in [-0.05, 0) is 49.5 Å². The molecule has 0 aliphatic rings. The van der Waals surface area contributed by atoms with Gasteiger partial charge in [-0.15, -0.1) is 0 Å². The zero-order valence-electron chi connectivity index (χ0n) is 13.7. The third-order valence-electron chi connectivity index (χ3n) is 4.11. The van der Waals surface area contributed by atoms with Gasteiger partial charge in [0.25, 0.3) is 0 Å². The van der Waals surface area contributed by atoms with Crippen LogP contribution in [-0.2, 0) is 5.60 Å². The lowest BCUT2D eigenvalue weighted by molar-refractivity contribution is 0.0480. The van der Waals surface area contributed by atoms with Gasteiger partial charge >= 0.3 is 0 Å². The fourth-order valence-corrected chi connectivity index (χ4v) is 2.56. The number of benzene rings is 2. The Morgan fingerprint density at radius 1 is 0.909 bits per heavy atom. The van der Waals surface area contributed by atoms with Crippen LogP contribution in [0.25, 0.3) is 11.1 Å². The molecule has 0 amide bonds. The molecule has 0 aliphatic heterocycles. The summed E-state index contributed by atoms with van der Waals surface area (Å²) in [5, 5.41) is 14.1. The summed E-state index contributed by atoms with van der Waals surface area (Å²) in [5.74, 6) is 0. The van der Waals surface area contributed by atoms with Gasteiger partial charge in [0.15, 0.2) is 0 Å². The average Bonchev–Trinajstić information content (AvgIpc) is 2.55. The molecule has 1 atom stereocenters. The first-order valence-electron chi connectivity index (χ1n) is 8.22. The predicted molar refractivity (Wildman–Crippen MR) is 93.8 cm³/mol. The van der Waals surface area contributed by atoms with Crippen molar-refractivity contribution in [2.45, 2.75) is 38.7 Å². The summed E-state index contributed by atoms with van der Waals surface area (Å²) in [6, 6.07) is 18.6. The average molecular weight is 297 g/mol. The Morgan fingerprint density at radius 3 is 2.18 bits per heavy atom. The fourth-order valence-electron chi connectivity index (χ4n) is 2.56. The molecule has 0 saturated carbocycles. The summed E-state index contributed by atoms with van der Waals surface area (Å²) < 4.78 is 0. The van der Waals surface area contributed by atoms with Crippen molar-refractivity contribution >= 4 is 0 Å². The number of hydrogen-bond donors (Lipinski definition) is 2. The van der Waals surface area contributed by atoms with Gasteiger partial charge in [-0.2, -0.15) is 0 Å². The number of rotatable bonds is 8. The van der Waals surface area contributed by atoms with E-state index in [0.717, 1.165) is 25.1 Å². The van der Waals surface area contributed by atoms with Crippen molar-refractivity contribution < 1.29 is 5.11 Å². The Balaban J connectivity index is 1.96. The van der Waals surface area contributed by atoms with Gasteiger partial charge in [0.05, 0.1) is 5.60 Å². The molecule has 0 spiro atoms. The normalized spacial score (nSPS) is 13.8. The van der Waals surface area contributed by atoms with E-state index in [1.54, 1.807) is 0 Å². The molecule has 2 aromatic carbocycles. The van der Waals surface area contributed by atoms with Gasteiger partial charge in [0.2, 0.25) is 0 Å². The van der Waals surface area contributed by atoms with Crippen LogP contribution < -0.4 is 5.32 Å². The molecule has 0 radical (unpaired) electrons. The summed E-state index contributed by atoms with van der Waals surface area (Å²) in [7, 11) is 0. The quantitative estimate of drug-likeness (QED) is 0.710. The zero-order chi connectivity index (χ0) is 15.8. The van der Waals surface area contributed by atoms with Gasteiger partial charge in [-0.3, -0.25) is 0 Å². The van der Waals surface area contributed by atoms with E-state index in [4.69, 9.17) is 0 Å². The molecular formula is C20H27NO. The van der Waals surface area contributed by atoms with Crippen LogP contribution in [0.4, 0.5) is 0 Å². The Hall–Kier alpha value is -1.64. The molecule has 0 bridgehead atoms. The molecule has 0 heterocycles. The second-order valence-electron chi connectivity index (χ2n) is 6.07. The molecule has 2 heteroatoms. The monoisotopic (exact) mass is 297 g/mol. The van der Waals surface area contributed by atoms with Crippen LogP contribution in [0.3, 0.4) is 0 Å². The lowest BCUT2D eigenvalue weighted by atomic mass is 9.91. The highest BCUT2D eigenvalue weighted by Gasteiger charge is 2.22. The van der Waals surface area contributed by atoms with Crippen LogP contribution in [-0.4, -0.2) is 18.2 Å². The highest BCUT2D eigenvalue weighted by atomic mass is 16.3. The molecule has 0 saturated heterocycles. The minimum atomic E-state index is -0.783. The lowest BCUT2D eigenvalue weighted by Crippen LogP contribution is -2.28. The van der Waals surface area contributed by atoms with E-state index in [9.17, 15) is 5.11 Å². The second kappa shape index (κ2) is 8.11. The molecule has 0 aliphatic carbocycles. The van der Waals surface area contributed by atoms with E-state index < -0.39 is 5.60 Å². The van der Waals surface area contributed by atoms with Crippen LogP contribution in [0.15, 0.2) is 54.6 Å². The maximum Gasteiger partial charge on any atom is 0.0880 e. The molecule has 2 N–H and O–H groups in total. The van der Waals surface area contributed by atoms with Gasteiger partial charge in [-0.1, -0.05) is 67.9 Å². The van der Waals surface area contributed by atoms with Crippen molar-refractivity contribution in [3.05, 3.63) is 60.2 Å². The zero-order valence-corrected chi connectivity index (χ0v) is 13.7.